The molecule has 80 valence electrons. The molecule has 1 heterocycles. The fourth-order valence-corrected chi connectivity index (χ4v) is 2.48. The minimum atomic E-state index is 0.452. The van der Waals surface area contributed by atoms with Crippen LogP contribution in [0.4, 0.5) is 5.69 Å². The Labute approximate surface area is 107 Å². The molecule has 0 spiro atoms. The maximum atomic E-state index is 6.01. The fraction of sp³-hybridized carbons (Fsp3) is 0.222. The molecule has 0 radical (unpaired) electrons. The average Bonchev–Trinajstić information content (AvgIpc) is 2.67. The van der Waals surface area contributed by atoms with E-state index in [2.05, 4.69) is 10.3 Å². The molecular weight excluding hydrogens is 275 g/mol. The number of aliphatic imine (C=N–C) groups is 1. The van der Waals surface area contributed by atoms with E-state index in [0.29, 0.717) is 15.1 Å². The highest BCUT2D eigenvalue weighted by molar-refractivity contribution is 8.14. The van der Waals surface area contributed by atoms with E-state index in [9.17, 15) is 0 Å². The molecule has 0 atom stereocenters. The van der Waals surface area contributed by atoms with Gasteiger partial charge in [0.05, 0.1) is 27.3 Å². The second-order valence-electron chi connectivity index (χ2n) is 2.91. The molecular formula is C9H7Cl3N2S. The van der Waals surface area contributed by atoms with Crippen LogP contribution >= 0.6 is 46.6 Å². The molecule has 0 fully saturated rings. The lowest BCUT2D eigenvalue weighted by Gasteiger charge is -2.08. The minimum absolute atomic E-state index is 0.452. The monoisotopic (exact) mass is 280 g/mol. The number of hydrogen-bond acceptors (Lipinski definition) is 3. The van der Waals surface area contributed by atoms with E-state index >= 15 is 0 Å². The van der Waals surface area contributed by atoms with Gasteiger partial charge >= 0.3 is 0 Å². The van der Waals surface area contributed by atoms with E-state index in [1.54, 1.807) is 23.9 Å². The molecule has 2 nitrogen and oxygen atoms in total. The van der Waals surface area contributed by atoms with Crippen molar-refractivity contribution < 1.29 is 0 Å². The SMILES string of the molecule is Clc1cc(Cl)c(NC2=NCCS2)cc1Cl. The smallest absolute Gasteiger partial charge is 0.161 e. The highest BCUT2D eigenvalue weighted by Gasteiger charge is 2.11. The van der Waals surface area contributed by atoms with Crippen molar-refractivity contribution >= 4 is 57.4 Å². The van der Waals surface area contributed by atoms with Crippen LogP contribution in [0.15, 0.2) is 17.1 Å². The number of rotatable bonds is 1. The van der Waals surface area contributed by atoms with E-state index in [1.807, 2.05) is 0 Å². The zero-order chi connectivity index (χ0) is 10.8. The normalized spacial score (nSPS) is 15.3. The number of halogens is 3. The van der Waals surface area contributed by atoms with Gasteiger partial charge in [0.1, 0.15) is 0 Å². The summed E-state index contributed by atoms with van der Waals surface area (Å²) in [5.74, 6) is 1.00. The van der Waals surface area contributed by atoms with Gasteiger partial charge < -0.3 is 5.32 Å². The van der Waals surface area contributed by atoms with Crippen LogP contribution in [0.1, 0.15) is 0 Å². The maximum absolute atomic E-state index is 6.01. The van der Waals surface area contributed by atoms with Crippen LogP contribution in [-0.4, -0.2) is 17.5 Å². The van der Waals surface area contributed by atoms with Gasteiger partial charge in [-0.15, -0.1) is 0 Å². The van der Waals surface area contributed by atoms with Crippen molar-refractivity contribution in [2.24, 2.45) is 4.99 Å². The Hall–Kier alpha value is -0.0900. The van der Waals surface area contributed by atoms with Gasteiger partial charge in [0, 0.05) is 5.75 Å². The molecule has 0 saturated heterocycles. The van der Waals surface area contributed by atoms with Gasteiger partial charge in [-0.05, 0) is 12.1 Å². The first-order valence-electron chi connectivity index (χ1n) is 4.25. The van der Waals surface area contributed by atoms with E-state index < -0.39 is 0 Å². The molecule has 0 aromatic heterocycles. The van der Waals surface area contributed by atoms with Crippen molar-refractivity contribution in [1.29, 1.82) is 0 Å². The van der Waals surface area contributed by atoms with Gasteiger partial charge in [-0.25, -0.2) is 0 Å². The number of amidine groups is 1. The Morgan fingerprint density at radius 1 is 1.13 bits per heavy atom. The van der Waals surface area contributed by atoms with Crippen LogP contribution in [-0.2, 0) is 0 Å². The van der Waals surface area contributed by atoms with Crippen LogP contribution in [0.2, 0.25) is 15.1 Å². The Morgan fingerprint density at radius 2 is 1.87 bits per heavy atom. The zero-order valence-corrected chi connectivity index (χ0v) is 10.6. The maximum Gasteiger partial charge on any atom is 0.161 e. The first kappa shape index (κ1) is 11.4. The summed E-state index contributed by atoms with van der Waals surface area (Å²) in [5, 5.41) is 5.46. The minimum Gasteiger partial charge on any atom is -0.334 e. The molecule has 2 rings (SSSR count). The molecule has 0 unspecified atom stereocenters. The molecule has 0 aliphatic carbocycles. The van der Waals surface area contributed by atoms with Gasteiger partial charge in [-0.3, -0.25) is 4.99 Å². The third-order valence-corrected chi connectivity index (χ3v) is 3.76. The number of nitrogens with one attached hydrogen (secondary N) is 1. The number of hydrogen-bond donors (Lipinski definition) is 1. The molecule has 1 aliphatic heterocycles. The predicted octanol–water partition coefficient (Wildman–Crippen LogP) is 4.16. The Morgan fingerprint density at radius 3 is 2.53 bits per heavy atom. The van der Waals surface area contributed by atoms with Gasteiger partial charge in [0.15, 0.2) is 5.17 Å². The second-order valence-corrected chi connectivity index (χ2v) is 5.21. The lowest BCUT2D eigenvalue weighted by Crippen LogP contribution is -2.05. The molecule has 1 aromatic rings. The summed E-state index contributed by atoms with van der Waals surface area (Å²) in [7, 11) is 0. The van der Waals surface area contributed by atoms with Crippen LogP contribution < -0.4 is 5.32 Å². The van der Waals surface area contributed by atoms with Crippen LogP contribution in [0.5, 0.6) is 0 Å². The number of thioether (sulfide) groups is 1. The second kappa shape index (κ2) is 4.83. The van der Waals surface area contributed by atoms with E-state index in [1.165, 1.54) is 0 Å². The highest BCUT2D eigenvalue weighted by Crippen LogP contribution is 2.33. The molecule has 1 aliphatic rings. The lowest BCUT2D eigenvalue weighted by atomic mass is 10.3. The van der Waals surface area contributed by atoms with Crippen molar-refractivity contribution in [2.75, 3.05) is 17.6 Å². The summed E-state index contributed by atoms with van der Waals surface area (Å²) in [6.07, 6.45) is 0. The Kier molecular flexibility index (Phi) is 3.67. The molecule has 6 heteroatoms. The number of anilines is 1. The fourth-order valence-electron chi connectivity index (χ4n) is 1.14. The van der Waals surface area contributed by atoms with Gasteiger partial charge in [-0.2, -0.15) is 0 Å². The first-order valence-corrected chi connectivity index (χ1v) is 6.37. The summed E-state index contributed by atoms with van der Waals surface area (Å²) in [4.78, 5) is 4.26. The summed E-state index contributed by atoms with van der Waals surface area (Å²) in [6, 6.07) is 3.32. The third-order valence-electron chi connectivity index (χ3n) is 1.84. The van der Waals surface area contributed by atoms with Gasteiger partial charge in [0.25, 0.3) is 0 Å². The highest BCUT2D eigenvalue weighted by atomic mass is 35.5. The molecule has 0 saturated carbocycles. The largest absolute Gasteiger partial charge is 0.334 e. The molecule has 15 heavy (non-hydrogen) atoms. The number of nitrogens with zero attached hydrogens (tertiary/aromatic N) is 1. The van der Waals surface area contributed by atoms with Crippen LogP contribution in [0.25, 0.3) is 0 Å². The summed E-state index contributed by atoms with van der Waals surface area (Å²) < 4.78 is 0. The van der Waals surface area contributed by atoms with Crippen LogP contribution in [0, 0.1) is 0 Å². The van der Waals surface area contributed by atoms with Crippen molar-refractivity contribution in [2.45, 2.75) is 0 Å². The number of benzene rings is 1. The summed E-state index contributed by atoms with van der Waals surface area (Å²) in [5.41, 5.74) is 0.735. The van der Waals surface area contributed by atoms with Crippen molar-refractivity contribution in [1.82, 2.24) is 0 Å². The quantitative estimate of drug-likeness (QED) is 0.782. The predicted molar refractivity (Wildman–Crippen MR) is 69.9 cm³/mol. The molecule has 0 amide bonds. The van der Waals surface area contributed by atoms with Gasteiger partial charge in [-0.1, -0.05) is 46.6 Å². The summed E-state index contributed by atoms with van der Waals surface area (Å²) in [6.45, 7) is 0.839. The Bertz CT molecular complexity index is 420. The lowest BCUT2D eigenvalue weighted by molar-refractivity contribution is 1.17. The van der Waals surface area contributed by atoms with Gasteiger partial charge in [0.2, 0.25) is 0 Å². The zero-order valence-electron chi connectivity index (χ0n) is 7.56. The summed E-state index contributed by atoms with van der Waals surface area (Å²) >= 11 is 19.4. The van der Waals surface area contributed by atoms with E-state index in [-0.39, 0.29) is 0 Å². The van der Waals surface area contributed by atoms with E-state index in [0.717, 1.165) is 23.2 Å². The third kappa shape index (κ3) is 2.72. The Balaban J connectivity index is 2.24. The standard InChI is InChI=1S/C9H7Cl3N2S/c10-5-3-7(12)8(4-6(5)11)14-9-13-1-2-15-9/h3-4H,1-2H2,(H,13,14). The average molecular weight is 282 g/mol. The molecule has 0 bridgehead atoms. The van der Waals surface area contributed by atoms with Crippen LogP contribution in [0.3, 0.4) is 0 Å². The van der Waals surface area contributed by atoms with Crippen molar-refractivity contribution in [3.8, 4) is 0 Å². The van der Waals surface area contributed by atoms with E-state index in [4.69, 9.17) is 34.8 Å². The first-order chi connectivity index (χ1) is 7.16. The molecule has 1 N–H and O–H groups in total. The van der Waals surface area contributed by atoms with Crippen molar-refractivity contribution in [3.05, 3.63) is 27.2 Å². The molecule has 1 aromatic carbocycles. The topological polar surface area (TPSA) is 24.4 Å². The van der Waals surface area contributed by atoms with Crippen molar-refractivity contribution in [3.63, 3.8) is 0 Å².